The summed E-state index contributed by atoms with van der Waals surface area (Å²) in [6.45, 7) is 6.26. The lowest BCUT2D eigenvalue weighted by Gasteiger charge is -2.30. The van der Waals surface area contributed by atoms with Crippen LogP contribution in [-0.4, -0.2) is 29.7 Å². The third kappa shape index (κ3) is 3.37. The third-order valence-corrected chi connectivity index (χ3v) is 3.26. The molecule has 92 valence electrons. The molecule has 0 unspecified atom stereocenters. The Bertz CT molecular complexity index is 436. The summed E-state index contributed by atoms with van der Waals surface area (Å²) >= 11 is 5.31. The summed E-state index contributed by atoms with van der Waals surface area (Å²) in [7, 11) is 3.88. The van der Waals surface area contributed by atoms with Crippen molar-refractivity contribution in [2.24, 2.45) is 10.4 Å². The van der Waals surface area contributed by atoms with Crippen molar-refractivity contribution in [1.82, 2.24) is 4.90 Å². The van der Waals surface area contributed by atoms with E-state index >= 15 is 0 Å². The lowest BCUT2D eigenvalue weighted by Crippen LogP contribution is -2.25. The van der Waals surface area contributed by atoms with E-state index in [1.165, 1.54) is 0 Å². The SMILES string of the molecule is CC(=NC1=C(C#N)C(=S)CC(C)(C)C1)N(C)C. The van der Waals surface area contributed by atoms with Crippen LogP contribution in [0.3, 0.4) is 0 Å². The molecule has 0 saturated carbocycles. The Morgan fingerprint density at radius 3 is 2.47 bits per heavy atom. The number of rotatable bonds is 1. The second-order valence-corrected chi connectivity index (χ2v) is 5.92. The van der Waals surface area contributed by atoms with Crippen molar-refractivity contribution in [1.29, 1.82) is 5.26 Å². The van der Waals surface area contributed by atoms with E-state index in [1.807, 2.05) is 25.9 Å². The van der Waals surface area contributed by atoms with Crippen molar-refractivity contribution >= 4 is 22.9 Å². The number of thiocarbonyl (C=S) groups is 1. The van der Waals surface area contributed by atoms with Crippen molar-refractivity contribution in [2.45, 2.75) is 33.6 Å². The average molecular weight is 249 g/mol. The minimum absolute atomic E-state index is 0.100. The van der Waals surface area contributed by atoms with Gasteiger partial charge in [-0.05, 0) is 25.2 Å². The molecule has 0 aliphatic heterocycles. The van der Waals surface area contributed by atoms with Crippen LogP contribution in [0.25, 0.3) is 0 Å². The maximum Gasteiger partial charge on any atom is 0.102 e. The van der Waals surface area contributed by atoms with E-state index in [4.69, 9.17) is 12.2 Å². The first kappa shape index (κ1) is 13.9. The van der Waals surface area contributed by atoms with Crippen LogP contribution >= 0.6 is 12.2 Å². The van der Waals surface area contributed by atoms with Gasteiger partial charge < -0.3 is 4.90 Å². The molecule has 3 nitrogen and oxygen atoms in total. The highest BCUT2D eigenvalue weighted by Gasteiger charge is 2.30. The summed E-state index contributed by atoms with van der Waals surface area (Å²) in [5.74, 6) is 0.897. The number of nitrogens with zero attached hydrogens (tertiary/aromatic N) is 3. The fraction of sp³-hybridized carbons (Fsp3) is 0.615. The van der Waals surface area contributed by atoms with Crippen LogP contribution in [0.4, 0.5) is 0 Å². The zero-order chi connectivity index (χ0) is 13.2. The molecule has 4 heteroatoms. The summed E-state index contributed by atoms with van der Waals surface area (Å²) < 4.78 is 0. The Morgan fingerprint density at radius 1 is 1.41 bits per heavy atom. The molecule has 0 heterocycles. The van der Waals surface area contributed by atoms with E-state index in [0.717, 1.165) is 29.2 Å². The first-order chi connectivity index (χ1) is 7.76. The van der Waals surface area contributed by atoms with Gasteiger partial charge in [-0.15, -0.1) is 0 Å². The highest BCUT2D eigenvalue weighted by molar-refractivity contribution is 7.80. The molecule has 0 aromatic heterocycles. The molecule has 0 aromatic carbocycles. The quantitative estimate of drug-likeness (QED) is 0.407. The molecule has 1 aliphatic carbocycles. The van der Waals surface area contributed by atoms with Gasteiger partial charge in [0.05, 0.1) is 11.3 Å². The second-order valence-electron chi connectivity index (χ2n) is 5.43. The molecule has 0 fully saturated rings. The zero-order valence-corrected chi connectivity index (χ0v) is 12.0. The van der Waals surface area contributed by atoms with Gasteiger partial charge in [-0.2, -0.15) is 5.26 Å². The van der Waals surface area contributed by atoms with Gasteiger partial charge in [0.25, 0.3) is 0 Å². The van der Waals surface area contributed by atoms with E-state index in [2.05, 4.69) is 24.9 Å². The van der Waals surface area contributed by atoms with Crippen LogP contribution in [0, 0.1) is 16.7 Å². The van der Waals surface area contributed by atoms with Crippen LogP contribution in [-0.2, 0) is 0 Å². The number of aliphatic imine (C=N–C) groups is 1. The highest BCUT2D eigenvalue weighted by Crippen LogP contribution is 2.37. The van der Waals surface area contributed by atoms with Crippen LogP contribution in [0.1, 0.15) is 33.6 Å². The lowest BCUT2D eigenvalue weighted by atomic mass is 9.77. The van der Waals surface area contributed by atoms with Gasteiger partial charge in [-0.3, -0.25) is 0 Å². The third-order valence-electron chi connectivity index (χ3n) is 2.91. The van der Waals surface area contributed by atoms with Gasteiger partial charge in [0.2, 0.25) is 0 Å². The van der Waals surface area contributed by atoms with Gasteiger partial charge in [0.1, 0.15) is 11.9 Å². The van der Waals surface area contributed by atoms with Crippen molar-refractivity contribution in [2.75, 3.05) is 14.1 Å². The highest BCUT2D eigenvalue weighted by atomic mass is 32.1. The molecule has 1 aliphatic rings. The molecule has 1 rings (SSSR count). The molecular weight excluding hydrogens is 230 g/mol. The van der Waals surface area contributed by atoms with Crippen LogP contribution in [0.2, 0.25) is 0 Å². The molecule has 0 N–H and O–H groups in total. The Balaban J connectivity index is 3.21. The van der Waals surface area contributed by atoms with Crippen molar-refractivity contribution in [3.8, 4) is 6.07 Å². The molecule has 0 bridgehead atoms. The molecular formula is C13H19N3S. The second kappa shape index (κ2) is 4.97. The summed E-state index contributed by atoms with van der Waals surface area (Å²) in [6.07, 6.45) is 1.60. The van der Waals surface area contributed by atoms with Crippen LogP contribution in [0.5, 0.6) is 0 Å². The number of hydrogen-bond acceptors (Lipinski definition) is 3. The van der Waals surface area contributed by atoms with Gasteiger partial charge in [-0.1, -0.05) is 26.1 Å². The van der Waals surface area contributed by atoms with Crippen molar-refractivity contribution in [3.63, 3.8) is 0 Å². The van der Waals surface area contributed by atoms with E-state index in [1.54, 1.807) is 0 Å². The number of nitriles is 1. The number of allylic oxidation sites excluding steroid dienone is 2. The first-order valence-corrected chi connectivity index (χ1v) is 6.07. The summed E-state index contributed by atoms with van der Waals surface area (Å²) in [5, 5.41) is 9.18. The van der Waals surface area contributed by atoms with Crippen molar-refractivity contribution in [3.05, 3.63) is 11.3 Å². The predicted octanol–water partition coefficient (Wildman–Crippen LogP) is 2.93. The minimum Gasteiger partial charge on any atom is -0.366 e. The summed E-state index contributed by atoms with van der Waals surface area (Å²) in [6, 6.07) is 2.20. The normalized spacial score (nSPS) is 20.2. The van der Waals surface area contributed by atoms with Crippen LogP contribution in [0.15, 0.2) is 16.3 Å². The van der Waals surface area contributed by atoms with Crippen molar-refractivity contribution < 1.29 is 0 Å². The Morgan fingerprint density at radius 2 is 2.00 bits per heavy atom. The maximum atomic E-state index is 9.18. The van der Waals surface area contributed by atoms with Gasteiger partial charge in [0.15, 0.2) is 0 Å². The molecule has 17 heavy (non-hydrogen) atoms. The van der Waals surface area contributed by atoms with Gasteiger partial charge in [0, 0.05) is 19.0 Å². The monoisotopic (exact) mass is 249 g/mol. The molecule has 0 radical (unpaired) electrons. The lowest BCUT2D eigenvalue weighted by molar-refractivity contribution is 0.372. The number of amidine groups is 1. The van der Waals surface area contributed by atoms with Gasteiger partial charge >= 0.3 is 0 Å². The fourth-order valence-corrected chi connectivity index (χ4v) is 2.36. The first-order valence-electron chi connectivity index (χ1n) is 5.66. The van der Waals surface area contributed by atoms with E-state index < -0.39 is 0 Å². The van der Waals surface area contributed by atoms with E-state index in [9.17, 15) is 5.26 Å². The van der Waals surface area contributed by atoms with E-state index in [0.29, 0.717) is 5.57 Å². The summed E-state index contributed by atoms with van der Waals surface area (Å²) in [4.78, 5) is 7.23. The molecule has 0 spiro atoms. The molecule has 0 amide bonds. The van der Waals surface area contributed by atoms with Crippen LogP contribution < -0.4 is 0 Å². The largest absolute Gasteiger partial charge is 0.366 e. The maximum absolute atomic E-state index is 9.18. The Kier molecular flexibility index (Phi) is 4.05. The Hall–Kier alpha value is -1.21. The van der Waals surface area contributed by atoms with Gasteiger partial charge in [-0.25, -0.2) is 4.99 Å². The summed E-state index contributed by atoms with van der Waals surface area (Å²) in [5.41, 5.74) is 1.53. The fourth-order valence-electron chi connectivity index (χ4n) is 1.81. The average Bonchev–Trinajstić information content (AvgIpc) is 2.15. The number of hydrogen-bond donors (Lipinski definition) is 0. The zero-order valence-electron chi connectivity index (χ0n) is 11.2. The van der Waals surface area contributed by atoms with E-state index in [-0.39, 0.29) is 5.41 Å². The molecule has 0 aromatic rings. The minimum atomic E-state index is 0.100. The molecule has 0 saturated heterocycles. The predicted molar refractivity (Wildman–Crippen MR) is 75.0 cm³/mol. The molecule has 0 atom stereocenters. The standard InChI is InChI=1S/C13H19N3S/c1-9(16(4)5)15-11-6-13(2,3)7-12(17)10(11)8-14/h6-7H2,1-5H3. The smallest absolute Gasteiger partial charge is 0.102 e. The Labute approximate surface area is 109 Å². The topological polar surface area (TPSA) is 39.4 Å².